The number of carbonyl (C=O) groups excluding carboxylic acids is 1. The van der Waals surface area contributed by atoms with Gasteiger partial charge in [0.1, 0.15) is 0 Å². The number of ketones is 1. The second-order valence-electron chi connectivity index (χ2n) is 5.47. The lowest BCUT2D eigenvalue weighted by molar-refractivity contribution is -0.0441. The average molecular weight is 260 g/mol. The molecule has 102 valence electrons. The van der Waals surface area contributed by atoms with E-state index in [0.29, 0.717) is 25.6 Å². The minimum absolute atomic E-state index is 0.251. The Hall–Kier alpha value is -1.19. The Morgan fingerprint density at radius 1 is 1.05 bits per heavy atom. The van der Waals surface area contributed by atoms with E-state index in [0.717, 1.165) is 11.1 Å². The molecule has 1 aliphatic carbocycles. The maximum absolute atomic E-state index is 12.2. The molecule has 0 spiro atoms. The maximum Gasteiger partial charge on any atom is 0.184 e. The zero-order valence-corrected chi connectivity index (χ0v) is 11.1. The molecule has 0 amide bonds. The van der Waals surface area contributed by atoms with E-state index in [1.54, 1.807) is 0 Å². The molecule has 0 unspecified atom stereocenters. The number of hydrogen-bond acceptors (Lipinski definition) is 3. The van der Waals surface area contributed by atoms with Crippen molar-refractivity contribution in [3.63, 3.8) is 0 Å². The molecule has 3 heteroatoms. The van der Waals surface area contributed by atoms with Gasteiger partial charge in [-0.1, -0.05) is 49.9 Å². The SMILES string of the molecule is O=C(CC1CCCC1)c1ccc(C2OCCO2)cc1. The second-order valence-corrected chi connectivity index (χ2v) is 5.47. The Balaban J connectivity index is 1.62. The van der Waals surface area contributed by atoms with Crippen LogP contribution < -0.4 is 0 Å². The van der Waals surface area contributed by atoms with Crippen molar-refractivity contribution >= 4 is 5.78 Å². The number of hydrogen-bond donors (Lipinski definition) is 0. The van der Waals surface area contributed by atoms with E-state index in [2.05, 4.69) is 0 Å². The zero-order valence-electron chi connectivity index (χ0n) is 11.1. The lowest BCUT2D eigenvalue weighted by Crippen LogP contribution is -2.06. The van der Waals surface area contributed by atoms with Gasteiger partial charge in [0, 0.05) is 17.5 Å². The van der Waals surface area contributed by atoms with E-state index in [-0.39, 0.29) is 12.1 Å². The molecule has 0 atom stereocenters. The lowest BCUT2D eigenvalue weighted by Gasteiger charge is -2.11. The van der Waals surface area contributed by atoms with Gasteiger partial charge in [-0.2, -0.15) is 0 Å². The highest BCUT2D eigenvalue weighted by molar-refractivity contribution is 5.96. The first-order valence-electron chi connectivity index (χ1n) is 7.19. The highest BCUT2D eigenvalue weighted by atomic mass is 16.7. The molecule has 2 aliphatic rings. The maximum atomic E-state index is 12.2. The summed E-state index contributed by atoms with van der Waals surface area (Å²) in [5, 5.41) is 0. The molecular formula is C16H20O3. The van der Waals surface area contributed by atoms with Crippen LogP contribution in [0.15, 0.2) is 24.3 Å². The fraction of sp³-hybridized carbons (Fsp3) is 0.562. The predicted molar refractivity (Wildman–Crippen MR) is 72.0 cm³/mol. The van der Waals surface area contributed by atoms with Crippen molar-refractivity contribution in [3.8, 4) is 0 Å². The van der Waals surface area contributed by atoms with Gasteiger partial charge in [-0.05, 0) is 5.92 Å². The molecule has 3 rings (SSSR count). The zero-order chi connectivity index (χ0) is 13.1. The van der Waals surface area contributed by atoms with Crippen LogP contribution in [0, 0.1) is 5.92 Å². The minimum atomic E-state index is -0.251. The van der Waals surface area contributed by atoms with E-state index in [4.69, 9.17) is 9.47 Å². The van der Waals surface area contributed by atoms with Crippen molar-refractivity contribution in [2.45, 2.75) is 38.4 Å². The summed E-state index contributed by atoms with van der Waals surface area (Å²) in [6.07, 6.45) is 5.45. The van der Waals surface area contributed by atoms with Crippen molar-refractivity contribution in [3.05, 3.63) is 35.4 Å². The van der Waals surface area contributed by atoms with Gasteiger partial charge in [0.2, 0.25) is 0 Å². The van der Waals surface area contributed by atoms with Crippen LogP contribution in [0.25, 0.3) is 0 Å². The number of rotatable bonds is 4. The monoisotopic (exact) mass is 260 g/mol. The average Bonchev–Trinajstić information content (AvgIpc) is 3.12. The van der Waals surface area contributed by atoms with E-state index < -0.39 is 0 Å². The standard InChI is InChI=1S/C16H20O3/c17-15(11-12-3-1-2-4-12)13-5-7-14(8-6-13)16-18-9-10-19-16/h5-8,12,16H,1-4,9-11H2. The van der Waals surface area contributed by atoms with Crippen LogP contribution in [-0.2, 0) is 9.47 Å². The smallest absolute Gasteiger partial charge is 0.184 e. The summed E-state index contributed by atoms with van der Waals surface area (Å²) < 4.78 is 10.9. The van der Waals surface area contributed by atoms with Crippen molar-refractivity contribution in [2.24, 2.45) is 5.92 Å². The molecule has 0 aromatic heterocycles. The van der Waals surface area contributed by atoms with Gasteiger partial charge in [-0.15, -0.1) is 0 Å². The van der Waals surface area contributed by atoms with Crippen LogP contribution in [0.5, 0.6) is 0 Å². The van der Waals surface area contributed by atoms with Crippen molar-refractivity contribution < 1.29 is 14.3 Å². The van der Waals surface area contributed by atoms with E-state index >= 15 is 0 Å². The molecule has 3 nitrogen and oxygen atoms in total. The third kappa shape index (κ3) is 3.04. The fourth-order valence-corrected chi connectivity index (χ4v) is 2.97. The van der Waals surface area contributed by atoms with Gasteiger partial charge in [-0.3, -0.25) is 4.79 Å². The van der Waals surface area contributed by atoms with Crippen molar-refractivity contribution in [2.75, 3.05) is 13.2 Å². The predicted octanol–water partition coefficient (Wildman–Crippen LogP) is 3.50. The van der Waals surface area contributed by atoms with Gasteiger partial charge in [0.05, 0.1) is 13.2 Å². The Morgan fingerprint density at radius 2 is 1.68 bits per heavy atom. The van der Waals surface area contributed by atoms with Gasteiger partial charge < -0.3 is 9.47 Å². The molecule has 1 saturated heterocycles. The number of carbonyl (C=O) groups is 1. The first-order valence-corrected chi connectivity index (χ1v) is 7.19. The van der Waals surface area contributed by atoms with Crippen molar-refractivity contribution in [1.29, 1.82) is 0 Å². The molecule has 1 saturated carbocycles. The van der Waals surface area contributed by atoms with E-state index in [9.17, 15) is 4.79 Å². The summed E-state index contributed by atoms with van der Waals surface area (Å²) in [6.45, 7) is 1.29. The third-order valence-electron chi connectivity index (χ3n) is 4.08. The fourth-order valence-electron chi connectivity index (χ4n) is 2.97. The summed E-state index contributed by atoms with van der Waals surface area (Å²) in [5.74, 6) is 0.875. The molecule has 19 heavy (non-hydrogen) atoms. The third-order valence-corrected chi connectivity index (χ3v) is 4.08. The first kappa shape index (κ1) is 12.8. The quantitative estimate of drug-likeness (QED) is 0.777. The Labute approximate surface area is 113 Å². The van der Waals surface area contributed by atoms with Gasteiger partial charge in [0.15, 0.2) is 12.1 Å². The minimum Gasteiger partial charge on any atom is -0.346 e. The highest BCUT2D eigenvalue weighted by Gasteiger charge is 2.21. The van der Waals surface area contributed by atoms with E-state index in [1.165, 1.54) is 25.7 Å². The Morgan fingerprint density at radius 3 is 2.32 bits per heavy atom. The van der Waals surface area contributed by atoms with E-state index in [1.807, 2.05) is 24.3 Å². The van der Waals surface area contributed by atoms with Gasteiger partial charge in [0.25, 0.3) is 0 Å². The topological polar surface area (TPSA) is 35.5 Å². The first-order chi connectivity index (χ1) is 9.33. The lowest BCUT2D eigenvalue weighted by atomic mass is 9.96. The largest absolute Gasteiger partial charge is 0.346 e. The number of ether oxygens (including phenoxy) is 2. The Kier molecular flexibility index (Phi) is 3.95. The van der Waals surface area contributed by atoms with Gasteiger partial charge >= 0.3 is 0 Å². The molecule has 1 aromatic carbocycles. The molecule has 0 radical (unpaired) electrons. The summed E-state index contributed by atoms with van der Waals surface area (Å²) >= 11 is 0. The summed E-state index contributed by atoms with van der Waals surface area (Å²) in [4.78, 5) is 12.2. The van der Waals surface area contributed by atoms with Crippen LogP contribution in [0.2, 0.25) is 0 Å². The molecule has 1 aromatic rings. The highest BCUT2D eigenvalue weighted by Crippen LogP contribution is 2.29. The molecule has 2 fully saturated rings. The summed E-state index contributed by atoms with van der Waals surface area (Å²) in [5.41, 5.74) is 1.81. The number of benzene rings is 1. The normalized spacial score (nSPS) is 21.1. The molecule has 0 N–H and O–H groups in total. The number of Topliss-reactive ketones (excluding diaryl/α,β-unsaturated/α-hetero) is 1. The molecule has 0 bridgehead atoms. The second kappa shape index (κ2) is 5.85. The van der Waals surface area contributed by atoms with Crippen molar-refractivity contribution in [1.82, 2.24) is 0 Å². The summed E-state index contributed by atoms with van der Waals surface area (Å²) in [6, 6.07) is 7.69. The van der Waals surface area contributed by atoms with Crippen LogP contribution in [0.1, 0.15) is 54.3 Å². The van der Waals surface area contributed by atoms with Crippen LogP contribution in [0.3, 0.4) is 0 Å². The van der Waals surface area contributed by atoms with Crippen LogP contribution in [-0.4, -0.2) is 19.0 Å². The van der Waals surface area contributed by atoms with Crippen LogP contribution >= 0.6 is 0 Å². The van der Waals surface area contributed by atoms with Crippen LogP contribution in [0.4, 0.5) is 0 Å². The molecule has 1 heterocycles. The Bertz CT molecular complexity index is 426. The molecule has 1 aliphatic heterocycles. The summed E-state index contributed by atoms with van der Waals surface area (Å²) in [7, 11) is 0. The molecular weight excluding hydrogens is 240 g/mol. The van der Waals surface area contributed by atoms with Gasteiger partial charge in [-0.25, -0.2) is 0 Å².